The van der Waals surface area contributed by atoms with Crippen molar-refractivity contribution < 1.29 is 27.7 Å². The van der Waals surface area contributed by atoms with Crippen LogP contribution in [0.15, 0.2) is 36.7 Å². The molecule has 12 heteroatoms. The van der Waals surface area contributed by atoms with Crippen molar-refractivity contribution in [2.75, 3.05) is 57.7 Å². The molecule has 1 saturated carbocycles. The van der Waals surface area contributed by atoms with Gasteiger partial charge in [0.2, 0.25) is 5.95 Å². The van der Waals surface area contributed by atoms with E-state index in [0.29, 0.717) is 23.6 Å². The van der Waals surface area contributed by atoms with E-state index in [1.165, 1.54) is 46.0 Å². The summed E-state index contributed by atoms with van der Waals surface area (Å²) in [7, 11) is 4.27. The fourth-order valence-electron chi connectivity index (χ4n) is 6.44. The lowest BCUT2D eigenvalue weighted by Gasteiger charge is -2.45. The summed E-state index contributed by atoms with van der Waals surface area (Å²) < 4.78 is 50.6. The average Bonchev–Trinajstić information content (AvgIpc) is 3.78. The number of piperazine rings is 1. The maximum absolute atomic E-state index is 14.6. The zero-order chi connectivity index (χ0) is 30.8. The van der Waals surface area contributed by atoms with Crippen LogP contribution in [0.4, 0.5) is 26.1 Å². The van der Waals surface area contributed by atoms with Gasteiger partial charge in [-0.1, -0.05) is 0 Å². The minimum atomic E-state index is -0.854. The summed E-state index contributed by atoms with van der Waals surface area (Å²) in [6.45, 7) is 6.18. The molecule has 236 valence electrons. The molecule has 0 radical (unpaired) electrons. The Kier molecular flexibility index (Phi) is 8.64. The standard InChI is InChI=1S/C32H40F2N6O4/c1-20-17-40(19-32(38-20)9-10-32)22-7-11-39(12-8-22)25-6-5-21(13-26(25)41-2)37-31-35-15-23(16-36-31)44-18-24-29(33)27(42-3)14-28(43-4)30(24)34/h5-6,13-16,20,22,38H,7-12,17-19H2,1-4H3,(H,35,36,37). The second-order valence-corrected chi connectivity index (χ2v) is 11.9. The number of nitrogens with zero attached hydrogens (tertiary/aromatic N) is 4. The van der Waals surface area contributed by atoms with E-state index in [2.05, 4.69) is 43.4 Å². The number of hydrogen-bond acceptors (Lipinski definition) is 10. The molecule has 0 amide bonds. The molecule has 3 aliphatic rings. The first kappa shape index (κ1) is 30.1. The minimum Gasteiger partial charge on any atom is -0.495 e. The number of ether oxygens (including phenoxy) is 4. The summed E-state index contributed by atoms with van der Waals surface area (Å²) in [6, 6.07) is 8.31. The highest BCUT2D eigenvalue weighted by molar-refractivity contribution is 5.67. The van der Waals surface area contributed by atoms with E-state index < -0.39 is 18.2 Å². The highest BCUT2D eigenvalue weighted by atomic mass is 19.1. The van der Waals surface area contributed by atoms with Crippen molar-refractivity contribution in [3.05, 3.63) is 53.9 Å². The Bertz CT molecular complexity index is 1440. The molecule has 1 aliphatic carbocycles. The third kappa shape index (κ3) is 6.32. The van der Waals surface area contributed by atoms with Crippen molar-refractivity contribution in [3.63, 3.8) is 0 Å². The van der Waals surface area contributed by atoms with E-state index in [1.54, 1.807) is 7.11 Å². The van der Waals surface area contributed by atoms with Crippen LogP contribution in [0.5, 0.6) is 23.0 Å². The molecule has 10 nitrogen and oxygen atoms in total. The Hall–Kier alpha value is -3.90. The zero-order valence-corrected chi connectivity index (χ0v) is 25.7. The molecular weight excluding hydrogens is 570 g/mol. The highest BCUT2D eigenvalue weighted by Crippen LogP contribution is 2.41. The number of piperidine rings is 1. The fraction of sp³-hybridized carbons (Fsp3) is 0.500. The van der Waals surface area contributed by atoms with Gasteiger partial charge in [0.15, 0.2) is 28.9 Å². The molecule has 44 heavy (non-hydrogen) atoms. The maximum Gasteiger partial charge on any atom is 0.227 e. The van der Waals surface area contributed by atoms with Crippen molar-refractivity contribution in [3.8, 4) is 23.0 Å². The molecule has 3 aromatic rings. The summed E-state index contributed by atoms with van der Waals surface area (Å²) in [5, 5.41) is 6.99. The van der Waals surface area contributed by atoms with Crippen LogP contribution in [0.1, 0.15) is 38.2 Å². The van der Waals surface area contributed by atoms with Gasteiger partial charge in [-0.25, -0.2) is 18.7 Å². The van der Waals surface area contributed by atoms with Crippen LogP contribution in [0, 0.1) is 11.6 Å². The van der Waals surface area contributed by atoms with Crippen molar-refractivity contribution in [1.29, 1.82) is 0 Å². The van der Waals surface area contributed by atoms with Crippen molar-refractivity contribution in [1.82, 2.24) is 20.2 Å². The quantitative estimate of drug-likeness (QED) is 0.330. The number of hydrogen-bond donors (Lipinski definition) is 2. The molecule has 2 aromatic carbocycles. The van der Waals surface area contributed by atoms with E-state index in [9.17, 15) is 8.78 Å². The van der Waals surface area contributed by atoms with Crippen LogP contribution >= 0.6 is 0 Å². The molecule has 1 atom stereocenters. The van der Waals surface area contributed by atoms with Gasteiger partial charge in [-0.3, -0.25) is 4.90 Å². The van der Waals surface area contributed by atoms with Crippen molar-refractivity contribution in [2.24, 2.45) is 0 Å². The van der Waals surface area contributed by atoms with E-state index >= 15 is 0 Å². The molecule has 2 N–H and O–H groups in total. The monoisotopic (exact) mass is 610 g/mol. The first-order valence-electron chi connectivity index (χ1n) is 15.1. The van der Waals surface area contributed by atoms with E-state index in [4.69, 9.17) is 18.9 Å². The van der Waals surface area contributed by atoms with Gasteiger partial charge in [-0.15, -0.1) is 0 Å². The van der Waals surface area contributed by atoms with Crippen LogP contribution in [-0.4, -0.2) is 80.0 Å². The molecule has 3 heterocycles. The normalized spacial score (nSPS) is 20.0. The molecular formula is C32H40F2N6O4. The predicted octanol–water partition coefficient (Wildman–Crippen LogP) is 4.90. The number of aromatic nitrogens is 2. The Morgan fingerprint density at radius 2 is 1.61 bits per heavy atom. The van der Waals surface area contributed by atoms with Gasteiger partial charge in [0.1, 0.15) is 12.4 Å². The predicted molar refractivity (Wildman–Crippen MR) is 163 cm³/mol. The lowest BCUT2D eigenvalue weighted by atomic mass is 9.98. The highest BCUT2D eigenvalue weighted by Gasteiger charge is 2.48. The Morgan fingerprint density at radius 3 is 2.23 bits per heavy atom. The number of rotatable bonds is 10. The molecule has 3 fully saturated rings. The third-order valence-electron chi connectivity index (χ3n) is 8.85. The lowest BCUT2D eigenvalue weighted by molar-refractivity contribution is 0.0945. The molecule has 2 saturated heterocycles. The van der Waals surface area contributed by atoms with Crippen LogP contribution in [-0.2, 0) is 6.61 Å². The number of benzene rings is 2. The summed E-state index contributed by atoms with van der Waals surface area (Å²) in [6.07, 6.45) is 7.74. The van der Waals surface area contributed by atoms with Crippen LogP contribution in [0.2, 0.25) is 0 Å². The first-order valence-corrected chi connectivity index (χ1v) is 15.1. The molecule has 1 spiro atoms. The Balaban J connectivity index is 1.05. The van der Waals surface area contributed by atoms with E-state index in [1.807, 2.05) is 12.1 Å². The smallest absolute Gasteiger partial charge is 0.227 e. The number of nitrogens with one attached hydrogen (secondary N) is 2. The lowest BCUT2D eigenvalue weighted by Crippen LogP contribution is -2.60. The summed E-state index contributed by atoms with van der Waals surface area (Å²) in [5.41, 5.74) is 1.90. The van der Waals surface area contributed by atoms with Gasteiger partial charge in [0, 0.05) is 61.6 Å². The minimum absolute atomic E-state index is 0.139. The van der Waals surface area contributed by atoms with Gasteiger partial charge in [0.05, 0.1) is 45.0 Å². The molecule has 0 bridgehead atoms. The van der Waals surface area contributed by atoms with Gasteiger partial charge in [-0.2, -0.15) is 0 Å². The first-order chi connectivity index (χ1) is 21.3. The zero-order valence-electron chi connectivity index (χ0n) is 25.7. The molecule has 1 aromatic heterocycles. The SMILES string of the molecule is COc1cc(Nc2ncc(OCc3c(F)c(OC)cc(OC)c3F)cn2)ccc1N1CCC(N2CC(C)NC3(CC3)C2)CC1. The van der Waals surface area contributed by atoms with Gasteiger partial charge < -0.3 is 34.5 Å². The fourth-order valence-corrected chi connectivity index (χ4v) is 6.44. The van der Waals surface area contributed by atoms with Gasteiger partial charge in [-0.05, 0) is 44.7 Å². The van der Waals surface area contributed by atoms with E-state index in [0.717, 1.165) is 55.7 Å². The van der Waals surface area contributed by atoms with Crippen LogP contribution in [0.3, 0.4) is 0 Å². The molecule has 6 rings (SSSR count). The Labute approximate surface area is 256 Å². The largest absolute Gasteiger partial charge is 0.495 e. The Morgan fingerprint density at radius 1 is 0.955 bits per heavy atom. The van der Waals surface area contributed by atoms with Gasteiger partial charge >= 0.3 is 0 Å². The third-order valence-corrected chi connectivity index (χ3v) is 8.85. The second kappa shape index (κ2) is 12.6. The van der Waals surface area contributed by atoms with Gasteiger partial charge in [0.25, 0.3) is 0 Å². The average molecular weight is 611 g/mol. The summed E-state index contributed by atoms with van der Waals surface area (Å²) >= 11 is 0. The number of anilines is 3. The van der Waals surface area contributed by atoms with E-state index in [-0.39, 0.29) is 22.8 Å². The molecule has 1 unspecified atom stereocenters. The van der Waals surface area contributed by atoms with Crippen molar-refractivity contribution >= 4 is 17.3 Å². The topological polar surface area (TPSA) is 93.2 Å². The summed E-state index contributed by atoms with van der Waals surface area (Å²) in [5.74, 6) is -0.625. The van der Waals surface area contributed by atoms with Crippen LogP contribution in [0.25, 0.3) is 0 Å². The maximum atomic E-state index is 14.6. The summed E-state index contributed by atoms with van der Waals surface area (Å²) in [4.78, 5) is 13.7. The second-order valence-electron chi connectivity index (χ2n) is 11.9. The van der Waals surface area contributed by atoms with Crippen LogP contribution < -0.4 is 34.5 Å². The number of methoxy groups -OCH3 is 3. The number of halogens is 2. The van der Waals surface area contributed by atoms with Crippen molar-refractivity contribution in [2.45, 2.75) is 56.8 Å². The molecule has 2 aliphatic heterocycles.